The number of thioether (sulfide) groups is 1. The molecule has 2 aromatic heterocycles. The number of aromatic nitrogens is 3. The second-order valence-corrected chi connectivity index (χ2v) is 11.6. The minimum absolute atomic E-state index is 0.0387. The van der Waals surface area contributed by atoms with Gasteiger partial charge in [0.2, 0.25) is 5.91 Å². The van der Waals surface area contributed by atoms with E-state index in [0.29, 0.717) is 11.6 Å². The summed E-state index contributed by atoms with van der Waals surface area (Å²) in [4.78, 5) is 19.5. The largest absolute Gasteiger partial charge is 0.341 e. The molecule has 0 bridgehead atoms. The Bertz CT molecular complexity index is 1240. The highest BCUT2D eigenvalue weighted by atomic mass is 32.2. The van der Waals surface area contributed by atoms with E-state index < -0.39 is 15.1 Å². The standard InChI is InChI=1S/C22H26N4O3S2/c1-14-12-15(2)24-26-20(14)19(17-8-6-5-7-9-17)23-22(26)30-16(3)21(27)25(4)18-10-11-31(28,29)13-18/h5-9,12,16,18H,10-11,13H2,1-4H3. The molecule has 1 aromatic carbocycles. The SMILES string of the molecule is Cc1cc(C)c2c(-c3ccccc3)nc(SC(C)C(=O)N(C)C3CCS(=O)(=O)C3)n2n1. The zero-order valence-corrected chi connectivity index (χ0v) is 19.7. The second-order valence-electron chi connectivity index (χ2n) is 8.10. The van der Waals surface area contributed by atoms with Gasteiger partial charge in [0.1, 0.15) is 0 Å². The first kappa shape index (κ1) is 21.8. The van der Waals surface area contributed by atoms with Crippen molar-refractivity contribution in [2.24, 2.45) is 0 Å². The van der Waals surface area contributed by atoms with Crippen LogP contribution in [0.25, 0.3) is 16.8 Å². The van der Waals surface area contributed by atoms with Crippen molar-refractivity contribution in [3.05, 3.63) is 47.7 Å². The number of sulfone groups is 1. The number of nitrogens with zero attached hydrogens (tertiary/aromatic N) is 4. The lowest BCUT2D eigenvalue weighted by atomic mass is 10.1. The van der Waals surface area contributed by atoms with E-state index in [1.54, 1.807) is 11.9 Å². The van der Waals surface area contributed by atoms with Crippen LogP contribution in [0.1, 0.15) is 24.6 Å². The lowest BCUT2D eigenvalue weighted by Gasteiger charge is -2.26. The molecule has 7 nitrogen and oxygen atoms in total. The van der Waals surface area contributed by atoms with E-state index >= 15 is 0 Å². The number of amides is 1. The Morgan fingerprint density at radius 1 is 1.26 bits per heavy atom. The predicted molar refractivity (Wildman–Crippen MR) is 123 cm³/mol. The van der Waals surface area contributed by atoms with Gasteiger partial charge < -0.3 is 4.90 Å². The Kier molecular flexibility index (Phi) is 5.83. The molecule has 4 rings (SSSR count). The summed E-state index contributed by atoms with van der Waals surface area (Å²) in [7, 11) is -1.36. The molecule has 31 heavy (non-hydrogen) atoms. The van der Waals surface area contributed by atoms with Gasteiger partial charge in [-0.15, -0.1) is 0 Å². The molecule has 1 amide bonds. The third kappa shape index (κ3) is 4.34. The van der Waals surface area contributed by atoms with Gasteiger partial charge in [-0.2, -0.15) is 5.10 Å². The number of rotatable bonds is 5. The topological polar surface area (TPSA) is 84.6 Å². The second kappa shape index (κ2) is 8.27. The Morgan fingerprint density at radius 3 is 2.61 bits per heavy atom. The first-order valence-electron chi connectivity index (χ1n) is 10.2. The summed E-state index contributed by atoms with van der Waals surface area (Å²) in [5.74, 6) is 0.0799. The molecular formula is C22H26N4O3S2. The number of carbonyl (C=O) groups excluding carboxylic acids is 1. The van der Waals surface area contributed by atoms with Crippen molar-refractivity contribution < 1.29 is 13.2 Å². The normalized spacial score (nSPS) is 18.9. The zero-order valence-electron chi connectivity index (χ0n) is 18.1. The van der Waals surface area contributed by atoms with Gasteiger partial charge in [-0.3, -0.25) is 4.79 Å². The lowest BCUT2D eigenvalue weighted by Crippen LogP contribution is -2.41. The first-order valence-corrected chi connectivity index (χ1v) is 12.9. The molecule has 0 saturated carbocycles. The Balaban J connectivity index is 1.66. The molecule has 0 radical (unpaired) electrons. The third-order valence-electron chi connectivity index (χ3n) is 5.66. The predicted octanol–water partition coefficient (Wildman–Crippen LogP) is 3.14. The Labute approximate surface area is 186 Å². The van der Waals surface area contributed by atoms with Gasteiger partial charge in [-0.25, -0.2) is 17.9 Å². The van der Waals surface area contributed by atoms with Gasteiger partial charge in [0.15, 0.2) is 15.0 Å². The maximum Gasteiger partial charge on any atom is 0.235 e. The number of benzene rings is 1. The molecule has 164 valence electrons. The van der Waals surface area contributed by atoms with Crippen molar-refractivity contribution in [2.75, 3.05) is 18.6 Å². The maximum atomic E-state index is 13.0. The first-order chi connectivity index (χ1) is 14.7. The molecule has 0 aliphatic carbocycles. The number of hydrogen-bond acceptors (Lipinski definition) is 6. The van der Waals surface area contributed by atoms with Crippen LogP contribution in [0.15, 0.2) is 41.6 Å². The summed E-state index contributed by atoms with van der Waals surface area (Å²) in [5.41, 5.74) is 4.69. The molecule has 9 heteroatoms. The van der Waals surface area contributed by atoms with Crippen LogP contribution in [0.3, 0.4) is 0 Å². The minimum atomic E-state index is -3.05. The van der Waals surface area contributed by atoms with E-state index in [-0.39, 0.29) is 23.5 Å². The highest BCUT2D eigenvalue weighted by Crippen LogP contribution is 2.33. The van der Waals surface area contributed by atoms with E-state index in [1.807, 2.05) is 61.7 Å². The van der Waals surface area contributed by atoms with Crippen LogP contribution in [-0.2, 0) is 14.6 Å². The van der Waals surface area contributed by atoms with Gasteiger partial charge in [0.25, 0.3) is 0 Å². The summed E-state index contributed by atoms with van der Waals surface area (Å²) in [6.45, 7) is 5.81. The summed E-state index contributed by atoms with van der Waals surface area (Å²) in [5, 5.41) is 4.89. The number of imidazole rings is 1. The third-order valence-corrected chi connectivity index (χ3v) is 8.44. The maximum absolute atomic E-state index is 13.0. The summed E-state index contributed by atoms with van der Waals surface area (Å²) in [6, 6.07) is 11.7. The van der Waals surface area contributed by atoms with Crippen LogP contribution in [0, 0.1) is 13.8 Å². The monoisotopic (exact) mass is 458 g/mol. The van der Waals surface area contributed by atoms with E-state index in [0.717, 1.165) is 28.0 Å². The smallest absolute Gasteiger partial charge is 0.235 e. The van der Waals surface area contributed by atoms with E-state index in [4.69, 9.17) is 4.98 Å². The molecule has 3 aromatic rings. The highest BCUT2D eigenvalue weighted by Gasteiger charge is 2.34. The van der Waals surface area contributed by atoms with Crippen LogP contribution < -0.4 is 0 Å². The van der Waals surface area contributed by atoms with Gasteiger partial charge in [-0.05, 0) is 38.8 Å². The summed E-state index contributed by atoms with van der Waals surface area (Å²) < 4.78 is 25.4. The number of hydrogen-bond donors (Lipinski definition) is 0. The quantitative estimate of drug-likeness (QED) is 0.546. The van der Waals surface area contributed by atoms with E-state index in [2.05, 4.69) is 5.10 Å². The van der Waals surface area contributed by atoms with Gasteiger partial charge >= 0.3 is 0 Å². The van der Waals surface area contributed by atoms with Crippen molar-refractivity contribution in [1.82, 2.24) is 19.5 Å². The van der Waals surface area contributed by atoms with Crippen LogP contribution in [0.4, 0.5) is 0 Å². The van der Waals surface area contributed by atoms with Gasteiger partial charge in [-0.1, -0.05) is 42.1 Å². The average molecular weight is 459 g/mol. The fraction of sp³-hybridized carbons (Fsp3) is 0.409. The Hall–Kier alpha value is -2.39. The molecule has 0 N–H and O–H groups in total. The van der Waals surface area contributed by atoms with Crippen LogP contribution in [0.5, 0.6) is 0 Å². The molecule has 1 fully saturated rings. The van der Waals surface area contributed by atoms with Crippen molar-refractivity contribution >= 4 is 33.0 Å². The average Bonchev–Trinajstić information content (AvgIpc) is 3.27. The van der Waals surface area contributed by atoms with Crippen LogP contribution >= 0.6 is 11.8 Å². The van der Waals surface area contributed by atoms with Gasteiger partial charge in [0.05, 0.1) is 33.7 Å². The van der Waals surface area contributed by atoms with Crippen molar-refractivity contribution in [1.29, 1.82) is 0 Å². The molecule has 2 unspecified atom stereocenters. The number of fused-ring (bicyclic) bond motifs is 1. The molecule has 2 atom stereocenters. The van der Waals surface area contributed by atoms with Crippen LogP contribution in [-0.4, -0.2) is 63.7 Å². The van der Waals surface area contributed by atoms with E-state index in [9.17, 15) is 13.2 Å². The zero-order chi connectivity index (χ0) is 22.3. The van der Waals surface area contributed by atoms with Gasteiger partial charge in [0, 0.05) is 18.7 Å². The lowest BCUT2D eigenvalue weighted by molar-refractivity contribution is -0.130. The van der Waals surface area contributed by atoms with Crippen LogP contribution in [0.2, 0.25) is 0 Å². The summed E-state index contributed by atoms with van der Waals surface area (Å²) in [6.07, 6.45) is 0.492. The fourth-order valence-corrected chi connectivity index (χ4v) is 6.77. The molecule has 3 heterocycles. The fourth-order valence-electron chi connectivity index (χ4n) is 4.04. The Morgan fingerprint density at radius 2 is 1.97 bits per heavy atom. The summed E-state index contributed by atoms with van der Waals surface area (Å²) >= 11 is 1.35. The molecular weight excluding hydrogens is 432 g/mol. The minimum Gasteiger partial charge on any atom is -0.341 e. The number of carbonyl (C=O) groups is 1. The van der Waals surface area contributed by atoms with Crippen molar-refractivity contribution in [2.45, 2.75) is 43.6 Å². The van der Waals surface area contributed by atoms with E-state index in [1.165, 1.54) is 11.8 Å². The molecule has 0 spiro atoms. The molecule has 1 aliphatic heterocycles. The molecule has 1 aliphatic rings. The highest BCUT2D eigenvalue weighted by molar-refractivity contribution is 8.00. The van der Waals surface area contributed by atoms with Crippen molar-refractivity contribution in [3.63, 3.8) is 0 Å². The molecule has 1 saturated heterocycles. The van der Waals surface area contributed by atoms with Crippen molar-refractivity contribution in [3.8, 4) is 11.3 Å². The number of aryl methyl sites for hydroxylation is 2.